The van der Waals surface area contributed by atoms with Crippen LogP contribution in [0.15, 0.2) is 23.7 Å². The van der Waals surface area contributed by atoms with Crippen molar-refractivity contribution in [1.29, 1.82) is 0 Å². The van der Waals surface area contributed by atoms with Crippen LogP contribution in [0.4, 0.5) is 5.82 Å². The van der Waals surface area contributed by atoms with Crippen LogP contribution in [0.25, 0.3) is 0 Å². The van der Waals surface area contributed by atoms with Gasteiger partial charge in [-0.15, -0.1) is 11.3 Å². The molecule has 0 aromatic carbocycles. The first kappa shape index (κ1) is 16.9. The van der Waals surface area contributed by atoms with Gasteiger partial charge in [-0.2, -0.15) is 0 Å². The Balaban J connectivity index is 1.74. The molecule has 2 aromatic rings. The van der Waals surface area contributed by atoms with Crippen molar-refractivity contribution in [2.45, 2.75) is 32.1 Å². The summed E-state index contributed by atoms with van der Waals surface area (Å²) < 4.78 is 0. The van der Waals surface area contributed by atoms with Crippen LogP contribution in [-0.2, 0) is 6.42 Å². The van der Waals surface area contributed by atoms with Gasteiger partial charge in [-0.3, -0.25) is 4.79 Å². The van der Waals surface area contributed by atoms with Crippen molar-refractivity contribution in [1.82, 2.24) is 14.9 Å². The third-order valence-electron chi connectivity index (χ3n) is 4.44. The van der Waals surface area contributed by atoms with Crippen LogP contribution in [0.2, 0.25) is 0 Å². The van der Waals surface area contributed by atoms with Crippen molar-refractivity contribution >= 4 is 23.1 Å². The lowest BCUT2D eigenvalue weighted by atomic mass is 9.98. The van der Waals surface area contributed by atoms with E-state index in [1.165, 1.54) is 5.01 Å². The number of amides is 1. The van der Waals surface area contributed by atoms with Gasteiger partial charge in [0.15, 0.2) is 0 Å². The van der Waals surface area contributed by atoms with Crippen LogP contribution in [-0.4, -0.2) is 48.0 Å². The Morgan fingerprint density at radius 2 is 2.29 bits per heavy atom. The Morgan fingerprint density at radius 3 is 3.00 bits per heavy atom. The zero-order chi connectivity index (χ0) is 17.1. The van der Waals surface area contributed by atoms with E-state index in [9.17, 15) is 4.79 Å². The molecule has 1 atom stereocenters. The van der Waals surface area contributed by atoms with Gasteiger partial charge in [0.2, 0.25) is 0 Å². The van der Waals surface area contributed by atoms with Gasteiger partial charge in [0.05, 0.1) is 10.7 Å². The largest absolute Gasteiger partial charge is 0.363 e. The SMILES string of the molecule is CCc1csc(C2CCCN(C(=O)c3ccnc(N(C)C)c3)C2)n1. The van der Waals surface area contributed by atoms with Crippen molar-refractivity contribution < 1.29 is 4.79 Å². The number of hydrogen-bond acceptors (Lipinski definition) is 5. The smallest absolute Gasteiger partial charge is 0.254 e. The molecule has 1 aliphatic rings. The Labute approximate surface area is 147 Å². The molecule has 1 fully saturated rings. The second-order valence-electron chi connectivity index (χ2n) is 6.42. The molecule has 0 bridgehead atoms. The number of aryl methyl sites for hydroxylation is 1. The maximum Gasteiger partial charge on any atom is 0.254 e. The van der Waals surface area contributed by atoms with Crippen LogP contribution in [0, 0.1) is 0 Å². The Bertz CT molecular complexity index is 713. The van der Waals surface area contributed by atoms with Gasteiger partial charge in [-0.25, -0.2) is 9.97 Å². The fourth-order valence-corrected chi connectivity index (χ4v) is 4.05. The summed E-state index contributed by atoms with van der Waals surface area (Å²) >= 11 is 1.73. The molecule has 0 saturated carbocycles. The Kier molecular flexibility index (Phi) is 5.14. The summed E-state index contributed by atoms with van der Waals surface area (Å²) in [5, 5.41) is 3.32. The molecule has 0 aliphatic carbocycles. The molecule has 24 heavy (non-hydrogen) atoms. The molecule has 3 heterocycles. The molecule has 1 saturated heterocycles. The van der Waals surface area contributed by atoms with Gasteiger partial charge in [-0.1, -0.05) is 6.92 Å². The number of carbonyl (C=O) groups is 1. The van der Waals surface area contributed by atoms with E-state index in [0.717, 1.165) is 43.9 Å². The molecule has 5 nitrogen and oxygen atoms in total. The first-order valence-corrected chi connectivity index (χ1v) is 9.33. The zero-order valence-corrected chi connectivity index (χ0v) is 15.3. The van der Waals surface area contributed by atoms with Crippen molar-refractivity contribution in [2.24, 2.45) is 0 Å². The van der Waals surface area contributed by atoms with Gasteiger partial charge >= 0.3 is 0 Å². The van der Waals surface area contributed by atoms with Gasteiger partial charge < -0.3 is 9.80 Å². The summed E-state index contributed by atoms with van der Waals surface area (Å²) in [7, 11) is 3.86. The molecular weight excluding hydrogens is 320 g/mol. The number of thiazole rings is 1. The van der Waals surface area contributed by atoms with Crippen LogP contribution >= 0.6 is 11.3 Å². The van der Waals surface area contributed by atoms with E-state index in [1.54, 1.807) is 23.6 Å². The third kappa shape index (κ3) is 3.59. The number of likely N-dealkylation sites (tertiary alicyclic amines) is 1. The molecule has 1 amide bonds. The van der Waals surface area contributed by atoms with Crippen LogP contribution in [0.5, 0.6) is 0 Å². The predicted molar refractivity (Wildman–Crippen MR) is 97.9 cm³/mol. The minimum absolute atomic E-state index is 0.0949. The monoisotopic (exact) mass is 344 g/mol. The number of aromatic nitrogens is 2. The van der Waals surface area contributed by atoms with Crippen molar-refractivity contribution in [3.05, 3.63) is 40.0 Å². The van der Waals surface area contributed by atoms with Gasteiger partial charge in [0.25, 0.3) is 5.91 Å². The predicted octanol–water partition coefficient (Wildman–Crippen LogP) is 3.19. The lowest BCUT2D eigenvalue weighted by Crippen LogP contribution is -2.39. The molecule has 0 N–H and O–H groups in total. The Hall–Kier alpha value is -1.95. The molecule has 2 aromatic heterocycles. The molecule has 0 spiro atoms. The number of piperidine rings is 1. The number of hydrogen-bond donors (Lipinski definition) is 0. The van der Waals surface area contributed by atoms with Crippen LogP contribution < -0.4 is 4.90 Å². The van der Waals surface area contributed by atoms with Crippen LogP contribution in [0.3, 0.4) is 0 Å². The minimum atomic E-state index is 0.0949. The quantitative estimate of drug-likeness (QED) is 0.855. The van der Waals surface area contributed by atoms with E-state index in [4.69, 9.17) is 4.98 Å². The lowest BCUT2D eigenvalue weighted by Gasteiger charge is -2.32. The summed E-state index contributed by atoms with van der Waals surface area (Å²) in [6, 6.07) is 3.67. The second-order valence-corrected chi connectivity index (χ2v) is 7.31. The number of nitrogens with zero attached hydrogens (tertiary/aromatic N) is 4. The highest BCUT2D eigenvalue weighted by Gasteiger charge is 2.27. The molecule has 1 aliphatic heterocycles. The van der Waals surface area contributed by atoms with Crippen molar-refractivity contribution in [2.75, 3.05) is 32.1 Å². The first-order valence-electron chi connectivity index (χ1n) is 8.45. The number of carbonyl (C=O) groups excluding carboxylic acids is 1. The van der Waals surface area contributed by atoms with E-state index in [2.05, 4.69) is 17.3 Å². The van der Waals surface area contributed by atoms with Gasteiger partial charge in [-0.05, 0) is 31.4 Å². The zero-order valence-electron chi connectivity index (χ0n) is 14.5. The average Bonchev–Trinajstić information content (AvgIpc) is 3.10. The lowest BCUT2D eigenvalue weighted by molar-refractivity contribution is 0.0707. The summed E-state index contributed by atoms with van der Waals surface area (Å²) in [6.07, 6.45) is 4.82. The normalized spacial score (nSPS) is 17.8. The minimum Gasteiger partial charge on any atom is -0.363 e. The third-order valence-corrected chi connectivity index (χ3v) is 5.50. The fourth-order valence-electron chi connectivity index (χ4n) is 3.01. The van der Waals surface area contributed by atoms with E-state index >= 15 is 0 Å². The summed E-state index contributed by atoms with van der Waals surface area (Å²) in [5.41, 5.74) is 1.87. The number of anilines is 1. The average molecular weight is 344 g/mol. The fraction of sp³-hybridized carbons (Fsp3) is 0.500. The van der Waals surface area contributed by atoms with E-state index in [1.807, 2.05) is 30.0 Å². The second kappa shape index (κ2) is 7.30. The number of pyridine rings is 1. The van der Waals surface area contributed by atoms with Crippen molar-refractivity contribution in [3.63, 3.8) is 0 Å². The van der Waals surface area contributed by atoms with E-state index in [0.29, 0.717) is 11.5 Å². The molecule has 6 heteroatoms. The van der Waals surface area contributed by atoms with Gasteiger partial charge in [0, 0.05) is 50.2 Å². The summed E-state index contributed by atoms with van der Waals surface area (Å²) in [5.74, 6) is 1.27. The summed E-state index contributed by atoms with van der Waals surface area (Å²) in [6.45, 7) is 3.71. The maximum absolute atomic E-state index is 12.9. The van der Waals surface area contributed by atoms with E-state index in [-0.39, 0.29) is 5.91 Å². The molecule has 0 radical (unpaired) electrons. The highest BCUT2D eigenvalue weighted by molar-refractivity contribution is 7.09. The Morgan fingerprint density at radius 1 is 1.46 bits per heavy atom. The standard InChI is InChI=1S/C18H24N4OS/c1-4-15-12-24-17(20-15)14-6-5-9-22(11-14)18(23)13-7-8-19-16(10-13)21(2)3/h7-8,10,12,14H,4-6,9,11H2,1-3H3. The highest BCUT2D eigenvalue weighted by Crippen LogP contribution is 2.30. The van der Waals surface area contributed by atoms with Crippen LogP contribution in [0.1, 0.15) is 46.7 Å². The van der Waals surface area contributed by atoms with E-state index < -0.39 is 0 Å². The molecule has 3 rings (SSSR count). The first-order chi connectivity index (χ1) is 11.6. The molecule has 128 valence electrons. The highest BCUT2D eigenvalue weighted by atomic mass is 32.1. The maximum atomic E-state index is 12.9. The molecule has 1 unspecified atom stereocenters. The number of rotatable bonds is 4. The molecular formula is C18H24N4OS. The topological polar surface area (TPSA) is 49.3 Å². The van der Waals surface area contributed by atoms with Gasteiger partial charge in [0.1, 0.15) is 5.82 Å². The summed E-state index contributed by atoms with van der Waals surface area (Å²) in [4.78, 5) is 25.8. The van der Waals surface area contributed by atoms with Crippen molar-refractivity contribution in [3.8, 4) is 0 Å².